The molecule has 1 heterocycles. The van der Waals surface area contributed by atoms with Gasteiger partial charge in [-0.05, 0) is 43.1 Å². The fraction of sp³-hybridized carbons (Fsp3) is 0.652. The number of nitrogens with zero attached hydrogens (tertiary/aromatic N) is 1. The minimum absolute atomic E-state index is 0.0907. The summed E-state index contributed by atoms with van der Waals surface area (Å²) in [5.41, 5.74) is 1.11. The summed E-state index contributed by atoms with van der Waals surface area (Å²) in [5.74, 6) is 0.855. The summed E-state index contributed by atoms with van der Waals surface area (Å²) < 4.78 is 0. The number of benzene rings is 1. The Morgan fingerprint density at radius 3 is 2.04 bits per heavy atom. The first-order valence-electron chi connectivity index (χ1n) is 10.9. The highest BCUT2D eigenvalue weighted by Crippen LogP contribution is 2.35. The van der Waals surface area contributed by atoms with Gasteiger partial charge in [-0.25, -0.2) is 0 Å². The van der Waals surface area contributed by atoms with Crippen molar-refractivity contribution in [1.82, 2.24) is 10.2 Å². The lowest BCUT2D eigenvalue weighted by atomic mass is 9.78. The van der Waals surface area contributed by atoms with Crippen molar-refractivity contribution < 1.29 is 9.59 Å². The summed E-state index contributed by atoms with van der Waals surface area (Å²) in [5, 5.41) is 3.17. The van der Waals surface area contributed by atoms with Crippen molar-refractivity contribution in [3.05, 3.63) is 35.9 Å². The lowest BCUT2D eigenvalue weighted by Crippen LogP contribution is -2.66. The van der Waals surface area contributed by atoms with Crippen LogP contribution in [-0.2, 0) is 16.1 Å². The van der Waals surface area contributed by atoms with Gasteiger partial charge in [-0.15, -0.1) is 0 Å². The molecule has 1 saturated heterocycles. The lowest BCUT2D eigenvalue weighted by Gasteiger charge is -2.45. The second-order valence-corrected chi connectivity index (χ2v) is 8.68. The molecular weight excluding hydrogens is 336 g/mol. The van der Waals surface area contributed by atoms with Crippen molar-refractivity contribution in [3.8, 4) is 0 Å². The molecule has 0 radical (unpaired) electrons. The maximum Gasteiger partial charge on any atom is 0.246 e. The molecule has 2 saturated carbocycles. The molecule has 1 aromatic carbocycles. The van der Waals surface area contributed by atoms with Crippen LogP contribution in [0.2, 0.25) is 0 Å². The van der Waals surface area contributed by atoms with Crippen molar-refractivity contribution in [2.24, 2.45) is 11.8 Å². The van der Waals surface area contributed by atoms with Crippen LogP contribution >= 0.6 is 0 Å². The van der Waals surface area contributed by atoms with Crippen molar-refractivity contribution in [3.63, 3.8) is 0 Å². The summed E-state index contributed by atoms with van der Waals surface area (Å²) in [4.78, 5) is 28.7. The van der Waals surface area contributed by atoms with E-state index in [0.717, 1.165) is 31.2 Å². The molecule has 4 rings (SSSR count). The predicted molar refractivity (Wildman–Crippen MR) is 106 cm³/mol. The molecule has 146 valence electrons. The summed E-state index contributed by atoms with van der Waals surface area (Å²) in [6.07, 6.45) is 11.4. The van der Waals surface area contributed by atoms with Crippen LogP contribution in [-0.4, -0.2) is 28.8 Å². The molecule has 3 aliphatic rings. The van der Waals surface area contributed by atoms with Crippen molar-refractivity contribution >= 4 is 11.8 Å². The first-order valence-corrected chi connectivity index (χ1v) is 10.9. The average molecular weight is 369 g/mol. The van der Waals surface area contributed by atoms with Crippen LogP contribution in [0.15, 0.2) is 30.3 Å². The van der Waals surface area contributed by atoms with Gasteiger partial charge < -0.3 is 10.2 Å². The maximum atomic E-state index is 13.5. The van der Waals surface area contributed by atoms with Gasteiger partial charge in [0.15, 0.2) is 0 Å². The third-order valence-electron chi connectivity index (χ3n) is 6.86. The van der Waals surface area contributed by atoms with E-state index in [0.29, 0.717) is 18.4 Å². The van der Waals surface area contributed by atoms with E-state index in [4.69, 9.17) is 0 Å². The highest BCUT2D eigenvalue weighted by Gasteiger charge is 2.46. The van der Waals surface area contributed by atoms with Crippen LogP contribution in [0.3, 0.4) is 0 Å². The number of carbonyl (C=O) groups is 2. The molecule has 2 amide bonds. The Labute approximate surface area is 162 Å². The van der Waals surface area contributed by atoms with Crippen molar-refractivity contribution in [2.75, 3.05) is 0 Å². The predicted octanol–water partition coefficient (Wildman–Crippen LogP) is 4.04. The second-order valence-electron chi connectivity index (χ2n) is 8.68. The third kappa shape index (κ3) is 4.04. The Balaban J connectivity index is 1.59. The van der Waals surface area contributed by atoms with Crippen LogP contribution in [0.25, 0.3) is 0 Å². The minimum Gasteiger partial charge on any atom is -0.342 e. The number of carbonyl (C=O) groups excluding carboxylic acids is 2. The van der Waals surface area contributed by atoms with Crippen molar-refractivity contribution in [2.45, 2.75) is 82.8 Å². The summed E-state index contributed by atoms with van der Waals surface area (Å²) in [6, 6.07) is 9.54. The molecule has 1 aliphatic heterocycles. The van der Waals surface area contributed by atoms with Gasteiger partial charge in [-0.1, -0.05) is 68.9 Å². The first kappa shape index (κ1) is 18.5. The molecule has 4 nitrogen and oxygen atoms in total. The molecule has 2 atom stereocenters. The number of amides is 2. The van der Waals surface area contributed by atoms with Crippen LogP contribution < -0.4 is 5.32 Å². The number of piperazine rings is 1. The molecular formula is C23H32N2O2. The van der Waals surface area contributed by atoms with E-state index >= 15 is 0 Å². The number of nitrogens with one attached hydrogen (secondary N) is 1. The number of rotatable bonds is 4. The Morgan fingerprint density at radius 2 is 1.41 bits per heavy atom. The molecule has 2 unspecified atom stereocenters. The molecule has 3 fully saturated rings. The molecule has 4 heteroatoms. The van der Waals surface area contributed by atoms with Gasteiger partial charge in [0.1, 0.15) is 12.1 Å². The van der Waals surface area contributed by atoms with Gasteiger partial charge >= 0.3 is 0 Å². The Hall–Kier alpha value is -1.84. The first-order chi connectivity index (χ1) is 13.2. The molecule has 1 aromatic rings. The molecule has 0 aromatic heterocycles. The minimum atomic E-state index is -0.318. The average Bonchev–Trinajstić information content (AvgIpc) is 2.72. The second kappa shape index (κ2) is 8.45. The van der Waals surface area contributed by atoms with Gasteiger partial charge in [0.25, 0.3) is 0 Å². The fourth-order valence-electron chi connectivity index (χ4n) is 5.42. The largest absolute Gasteiger partial charge is 0.342 e. The van der Waals surface area contributed by atoms with E-state index in [1.807, 2.05) is 23.1 Å². The monoisotopic (exact) mass is 368 g/mol. The van der Waals surface area contributed by atoms with Crippen LogP contribution in [0, 0.1) is 11.8 Å². The highest BCUT2D eigenvalue weighted by molar-refractivity contribution is 5.97. The van der Waals surface area contributed by atoms with Crippen LogP contribution in [0.5, 0.6) is 0 Å². The molecule has 2 aliphatic carbocycles. The zero-order valence-corrected chi connectivity index (χ0v) is 16.2. The smallest absolute Gasteiger partial charge is 0.246 e. The summed E-state index contributed by atoms with van der Waals surface area (Å²) in [7, 11) is 0. The Bertz CT molecular complexity index is 648. The molecule has 0 bridgehead atoms. The van der Waals surface area contributed by atoms with Gasteiger partial charge in [-0.3, -0.25) is 9.59 Å². The van der Waals surface area contributed by atoms with Gasteiger partial charge in [0.2, 0.25) is 11.8 Å². The fourth-order valence-corrected chi connectivity index (χ4v) is 5.42. The number of hydrogen-bond acceptors (Lipinski definition) is 2. The van der Waals surface area contributed by atoms with E-state index in [2.05, 4.69) is 17.4 Å². The standard InChI is InChI=1S/C23H32N2O2/c26-22-21(19-14-8-3-9-15-19)25(16-17-10-4-1-5-11-17)23(27)20(24-22)18-12-6-2-7-13-18/h1,4-5,10-11,18-21H,2-3,6-9,12-16H2,(H,24,26). The van der Waals surface area contributed by atoms with Crippen molar-refractivity contribution in [1.29, 1.82) is 0 Å². The summed E-state index contributed by atoms with van der Waals surface area (Å²) >= 11 is 0. The van der Waals surface area contributed by atoms with Gasteiger partial charge in [-0.2, -0.15) is 0 Å². The topological polar surface area (TPSA) is 49.4 Å². The third-order valence-corrected chi connectivity index (χ3v) is 6.86. The lowest BCUT2D eigenvalue weighted by molar-refractivity contribution is -0.155. The van der Waals surface area contributed by atoms with E-state index in [1.54, 1.807) is 0 Å². The zero-order valence-electron chi connectivity index (χ0n) is 16.2. The Kier molecular flexibility index (Phi) is 5.80. The Morgan fingerprint density at radius 1 is 0.815 bits per heavy atom. The maximum absolute atomic E-state index is 13.5. The van der Waals surface area contributed by atoms with E-state index in [9.17, 15) is 9.59 Å². The van der Waals surface area contributed by atoms with Gasteiger partial charge in [0, 0.05) is 6.54 Å². The number of hydrogen-bond donors (Lipinski definition) is 1. The van der Waals surface area contributed by atoms with Gasteiger partial charge in [0.05, 0.1) is 0 Å². The van der Waals surface area contributed by atoms with E-state index in [1.165, 1.54) is 38.5 Å². The van der Waals surface area contributed by atoms with E-state index in [-0.39, 0.29) is 23.9 Å². The quantitative estimate of drug-likeness (QED) is 0.872. The molecule has 0 spiro atoms. The SMILES string of the molecule is O=C1NC(C2CCCCC2)C(=O)N(Cc2ccccc2)C1C1CCCCC1. The highest BCUT2D eigenvalue weighted by atomic mass is 16.2. The zero-order chi connectivity index (χ0) is 18.6. The van der Waals surface area contributed by atoms with Crippen LogP contribution in [0.1, 0.15) is 69.8 Å². The van der Waals surface area contributed by atoms with E-state index < -0.39 is 0 Å². The molecule has 27 heavy (non-hydrogen) atoms. The normalized spacial score (nSPS) is 28.2. The molecule has 1 N–H and O–H groups in total. The van der Waals surface area contributed by atoms with Crippen LogP contribution in [0.4, 0.5) is 0 Å². The summed E-state index contributed by atoms with van der Waals surface area (Å²) in [6.45, 7) is 0.553.